The fourth-order valence-corrected chi connectivity index (χ4v) is 1.73. The predicted molar refractivity (Wildman–Crippen MR) is 56.2 cm³/mol. The molecule has 0 saturated heterocycles. The zero-order valence-electron chi connectivity index (χ0n) is 11.7. The quantitative estimate of drug-likeness (QED) is 0.274. The Morgan fingerprint density at radius 1 is 0.500 bits per heavy atom. The zero-order valence-corrected chi connectivity index (χ0v) is 13.3. The van der Waals surface area contributed by atoms with Crippen LogP contribution in [0, 0.1) is 0 Å². The molecule has 0 rings (SSSR count). The van der Waals surface area contributed by atoms with E-state index in [1.54, 1.807) is 0 Å². The van der Waals surface area contributed by atoms with Crippen molar-refractivity contribution in [3.05, 3.63) is 0 Å². The van der Waals surface area contributed by atoms with Crippen LogP contribution >= 0.6 is 11.6 Å². The molecule has 0 aromatic rings. The van der Waals surface area contributed by atoms with Crippen molar-refractivity contribution in [2.75, 3.05) is 0 Å². The van der Waals surface area contributed by atoms with Crippen LogP contribution in [-0.2, 0) is 11.1 Å². The van der Waals surface area contributed by atoms with Gasteiger partial charge in [0.25, 0.3) is 0 Å². The van der Waals surface area contributed by atoms with E-state index in [1.807, 2.05) is 0 Å². The summed E-state index contributed by atoms with van der Waals surface area (Å²) in [7, 11) is 0. The molecule has 1 atom stereocenters. The topological polar surface area (TPSA) is 37.3 Å². The van der Waals surface area contributed by atoms with Gasteiger partial charge in [-0.2, -0.15) is 70.2 Å². The standard InChI is InChI=1S/C8HClF16O2S/c9-7(22,23)5(18,19)3(14,15)1(10,11)2(12,13)4(16,17)6(20,21)8(24,25)28(26)27/h(H,26,27). The van der Waals surface area contributed by atoms with Gasteiger partial charge in [0.1, 0.15) is 0 Å². The molecule has 0 aliphatic heterocycles. The van der Waals surface area contributed by atoms with Crippen LogP contribution in [0.2, 0.25) is 0 Å². The van der Waals surface area contributed by atoms with E-state index in [-0.39, 0.29) is 0 Å². The summed E-state index contributed by atoms with van der Waals surface area (Å²) in [5.74, 6) is -49.9. The fraction of sp³-hybridized carbons (Fsp3) is 1.00. The summed E-state index contributed by atoms with van der Waals surface area (Å²) in [6, 6.07) is 0. The van der Waals surface area contributed by atoms with Crippen LogP contribution in [-0.4, -0.2) is 54.9 Å². The Kier molecular flexibility index (Phi) is 6.47. The lowest BCUT2D eigenvalue weighted by atomic mass is 9.91. The van der Waals surface area contributed by atoms with Crippen LogP contribution in [0.25, 0.3) is 0 Å². The normalized spacial score (nSPS) is 17.6. The molecular weight excluding hydrogens is 500 g/mol. The van der Waals surface area contributed by atoms with E-state index in [9.17, 15) is 74.5 Å². The van der Waals surface area contributed by atoms with E-state index in [1.165, 1.54) is 0 Å². The van der Waals surface area contributed by atoms with Crippen LogP contribution in [0.15, 0.2) is 0 Å². The average molecular weight is 501 g/mol. The van der Waals surface area contributed by atoms with Gasteiger partial charge in [-0.1, -0.05) is 0 Å². The van der Waals surface area contributed by atoms with Gasteiger partial charge in [-0.25, -0.2) is 4.21 Å². The first kappa shape index (κ1) is 27.3. The molecule has 1 N–H and O–H groups in total. The molecule has 0 fully saturated rings. The Balaban J connectivity index is 6.76. The molecule has 0 radical (unpaired) electrons. The molecule has 0 aliphatic carbocycles. The average Bonchev–Trinajstić information content (AvgIpc) is 2.44. The van der Waals surface area contributed by atoms with Crippen molar-refractivity contribution in [3.8, 4) is 0 Å². The van der Waals surface area contributed by atoms with E-state index in [2.05, 4.69) is 11.6 Å². The first-order valence-corrected chi connectivity index (χ1v) is 7.00. The summed E-state index contributed by atoms with van der Waals surface area (Å²) in [5, 5.41) is -14.1. The molecule has 28 heavy (non-hydrogen) atoms. The smallest absolute Gasteiger partial charge is 0.301 e. The van der Waals surface area contributed by atoms with Crippen molar-refractivity contribution < 1.29 is 79.0 Å². The highest BCUT2D eigenvalue weighted by atomic mass is 35.5. The lowest BCUT2D eigenvalue weighted by Crippen LogP contribution is -2.74. The van der Waals surface area contributed by atoms with Crippen molar-refractivity contribution >= 4 is 22.7 Å². The van der Waals surface area contributed by atoms with Crippen LogP contribution in [0.4, 0.5) is 70.2 Å². The first-order valence-electron chi connectivity index (χ1n) is 5.52. The Bertz CT molecular complexity index is 625. The maximum Gasteiger partial charge on any atom is 0.413 e. The Labute approximate surface area is 149 Å². The van der Waals surface area contributed by atoms with Crippen LogP contribution in [0.3, 0.4) is 0 Å². The minimum Gasteiger partial charge on any atom is -0.301 e. The van der Waals surface area contributed by atoms with Gasteiger partial charge in [-0.05, 0) is 11.6 Å². The Hall–Kier alpha value is -0.720. The minimum absolute atomic E-state index is 3.31. The third kappa shape index (κ3) is 3.20. The fourth-order valence-electron chi connectivity index (χ4n) is 1.26. The van der Waals surface area contributed by atoms with Crippen LogP contribution < -0.4 is 0 Å². The maximum atomic E-state index is 13.1. The molecular formula is C8HClF16O2S. The molecule has 0 aromatic carbocycles. The van der Waals surface area contributed by atoms with Gasteiger partial charge in [-0.15, -0.1) is 0 Å². The lowest BCUT2D eigenvalue weighted by molar-refractivity contribution is -0.444. The second kappa shape index (κ2) is 6.64. The summed E-state index contributed by atoms with van der Waals surface area (Å²) in [6.07, 6.45) is 0. The number of rotatable bonds is 8. The number of alkyl halides is 17. The largest absolute Gasteiger partial charge is 0.413 e. The van der Waals surface area contributed by atoms with Gasteiger partial charge in [0, 0.05) is 0 Å². The third-order valence-corrected chi connectivity index (χ3v) is 3.84. The highest BCUT2D eigenvalue weighted by Gasteiger charge is 2.95. The summed E-state index contributed by atoms with van der Waals surface area (Å²) >= 11 is -2.21. The van der Waals surface area contributed by atoms with Gasteiger partial charge in [0.15, 0.2) is 0 Å². The maximum absolute atomic E-state index is 13.1. The van der Waals surface area contributed by atoms with Gasteiger partial charge < -0.3 is 4.55 Å². The molecule has 0 aliphatic rings. The monoisotopic (exact) mass is 500 g/mol. The lowest BCUT2D eigenvalue weighted by Gasteiger charge is -2.42. The molecule has 170 valence electrons. The second-order valence-corrected chi connectivity index (χ2v) is 6.20. The third-order valence-electron chi connectivity index (χ3n) is 2.91. The predicted octanol–water partition coefficient (Wildman–Crippen LogP) is 5.44. The van der Waals surface area contributed by atoms with Crippen molar-refractivity contribution in [2.45, 2.75) is 46.2 Å². The van der Waals surface area contributed by atoms with Crippen LogP contribution in [0.5, 0.6) is 0 Å². The Morgan fingerprint density at radius 3 is 0.929 bits per heavy atom. The van der Waals surface area contributed by atoms with E-state index in [0.29, 0.717) is 0 Å². The van der Waals surface area contributed by atoms with Crippen molar-refractivity contribution in [3.63, 3.8) is 0 Å². The molecule has 0 aromatic heterocycles. The minimum atomic E-state index is -8.64. The second-order valence-electron chi connectivity index (χ2n) is 4.71. The molecule has 1 unspecified atom stereocenters. The van der Waals surface area contributed by atoms with Gasteiger partial charge in [0.2, 0.25) is 11.1 Å². The summed E-state index contributed by atoms with van der Waals surface area (Å²) < 4.78 is 223. The molecule has 0 spiro atoms. The van der Waals surface area contributed by atoms with Gasteiger partial charge in [-0.3, -0.25) is 0 Å². The summed E-state index contributed by atoms with van der Waals surface area (Å²) in [5.41, 5.74) is 0. The van der Waals surface area contributed by atoms with Gasteiger partial charge in [0.05, 0.1) is 0 Å². The summed E-state index contributed by atoms with van der Waals surface area (Å²) in [6.45, 7) is 0. The van der Waals surface area contributed by atoms with Crippen molar-refractivity contribution in [1.29, 1.82) is 0 Å². The first-order chi connectivity index (χ1) is 11.7. The van der Waals surface area contributed by atoms with Crippen LogP contribution in [0.1, 0.15) is 0 Å². The van der Waals surface area contributed by atoms with E-state index in [0.717, 1.165) is 0 Å². The molecule has 0 heterocycles. The molecule has 2 nitrogen and oxygen atoms in total. The molecule has 20 heteroatoms. The summed E-state index contributed by atoms with van der Waals surface area (Å²) in [4.78, 5) is 0. The molecule has 0 bridgehead atoms. The van der Waals surface area contributed by atoms with E-state index < -0.39 is 57.3 Å². The Morgan fingerprint density at radius 2 is 0.714 bits per heavy atom. The number of hydrogen-bond donors (Lipinski definition) is 1. The zero-order chi connectivity index (χ0) is 23.6. The van der Waals surface area contributed by atoms with E-state index in [4.69, 9.17) is 4.55 Å². The number of hydrogen-bond acceptors (Lipinski definition) is 1. The van der Waals surface area contributed by atoms with Crippen molar-refractivity contribution in [2.24, 2.45) is 0 Å². The SMILES string of the molecule is O=S(O)C(F)(F)C(F)(F)C(F)(F)C(F)(F)C(F)(F)C(F)(F)C(F)(F)C(F)(F)Cl. The highest BCUT2D eigenvalue weighted by molar-refractivity contribution is 7.80. The van der Waals surface area contributed by atoms with Crippen molar-refractivity contribution in [1.82, 2.24) is 0 Å². The number of halogens is 17. The van der Waals surface area contributed by atoms with Gasteiger partial charge >= 0.3 is 46.2 Å². The highest BCUT2D eigenvalue weighted by Crippen LogP contribution is 2.64. The molecule has 0 amide bonds. The van der Waals surface area contributed by atoms with E-state index >= 15 is 0 Å². The molecule has 0 saturated carbocycles.